The molecule has 1 atom stereocenters. The van der Waals surface area contributed by atoms with Crippen LogP contribution >= 0.6 is 0 Å². The first-order chi connectivity index (χ1) is 14.2. The van der Waals surface area contributed by atoms with E-state index in [1.807, 2.05) is 18.2 Å². The van der Waals surface area contributed by atoms with Gasteiger partial charge in [0.2, 0.25) is 12.5 Å². The summed E-state index contributed by atoms with van der Waals surface area (Å²) < 4.78 is 27.9. The highest BCUT2D eigenvalue weighted by Crippen LogP contribution is 2.43. The summed E-state index contributed by atoms with van der Waals surface area (Å²) in [5, 5.41) is 3.48. The Balaban J connectivity index is 1.82. The maximum atomic E-state index is 5.64. The molecule has 1 N–H and O–H groups in total. The minimum Gasteiger partial charge on any atom is -0.493 e. The van der Waals surface area contributed by atoms with Gasteiger partial charge in [0, 0.05) is 19.6 Å². The lowest BCUT2D eigenvalue weighted by atomic mass is 9.95. The average molecular weight is 400 g/mol. The van der Waals surface area contributed by atoms with Crippen molar-refractivity contribution >= 4 is 0 Å². The third-order valence-corrected chi connectivity index (χ3v) is 5.45. The Hall–Kier alpha value is -2.64. The smallest absolute Gasteiger partial charge is 0.231 e. The van der Waals surface area contributed by atoms with Crippen LogP contribution < -0.4 is 29.0 Å². The molecule has 7 nitrogen and oxygen atoms in total. The van der Waals surface area contributed by atoms with Gasteiger partial charge in [-0.3, -0.25) is 4.90 Å². The Morgan fingerprint density at radius 3 is 2.34 bits per heavy atom. The van der Waals surface area contributed by atoms with Crippen molar-refractivity contribution in [2.75, 3.05) is 54.3 Å². The Morgan fingerprint density at radius 1 is 0.862 bits per heavy atom. The molecule has 2 aliphatic rings. The van der Waals surface area contributed by atoms with Crippen LogP contribution in [0.25, 0.3) is 0 Å². The fraction of sp³-hybridized carbons (Fsp3) is 0.455. The van der Waals surface area contributed by atoms with Gasteiger partial charge in [0.1, 0.15) is 0 Å². The molecule has 2 aromatic carbocycles. The van der Waals surface area contributed by atoms with Gasteiger partial charge in [-0.25, -0.2) is 0 Å². The second kappa shape index (κ2) is 8.80. The zero-order chi connectivity index (χ0) is 20.2. The molecule has 7 heteroatoms. The summed E-state index contributed by atoms with van der Waals surface area (Å²) in [5.41, 5.74) is 2.23. The van der Waals surface area contributed by atoms with Crippen LogP contribution in [0, 0.1) is 0 Å². The lowest BCUT2D eigenvalue weighted by molar-refractivity contribution is 0.173. The van der Waals surface area contributed by atoms with Crippen molar-refractivity contribution in [3.8, 4) is 28.7 Å². The van der Waals surface area contributed by atoms with Gasteiger partial charge >= 0.3 is 0 Å². The lowest BCUT2D eigenvalue weighted by Crippen LogP contribution is -2.33. The predicted molar refractivity (Wildman–Crippen MR) is 110 cm³/mol. The zero-order valence-electron chi connectivity index (χ0n) is 17.2. The topological polar surface area (TPSA) is 61.4 Å². The van der Waals surface area contributed by atoms with Crippen LogP contribution in [0.15, 0.2) is 30.3 Å². The zero-order valence-corrected chi connectivity index (χ0v) is 17.2. The summed E-state index contributed by atoms with van der Waals surface area (Å²) in [6.07, 6.45) is 1.09. The molecule has 0 bridgehead atoms. The first-order valence-electron chi connectivity index (χ1n) is 9.89. The molecule has 0 saturated carbocycles. The second-order valence-corrected chi connectivity index (χ2v) is 7.11. The molecule has 0 spiro atoms. The SMILES string of the molecule is COc1cc(C(c2ccc3c(c2)OCO3)N2CCCNCC2)cc(OC)c1OC. The number of nitrogens with zero attached hydrogens (tertiary/aromatic N) is 1. The minimum absolute atomic E-state index is 0.0260. The number of hydrogen-bond acceptors (Lipinski definition) is 7. The van der Waals surface area contributed by atoms with Gasteiger partial charge in [-0.05, 0) is 48.4 Å². The first kappa shape index (κ1) is 19.7. The Kier molecular flexibility index (Phi) is 5.97. The quantitative estimate of drug-likeness (QED) is 0.800. The van der Waals surface area contributed by atoms with Gasteiger partial charge in [0.25, 0.3) is 0 Å². The first-order valence-corrected chi connectivity index (χ1v) is 9.89. The number of rotatable bonds is 6. The van der Waals surface area contributed by atoms with E-state index in [0.717, 1.165) is 55.2 Å². The molecule has 0 radical (unpaired) electrons. The molecule has 1 saturated heterocycles. The summed E-state index contributed by atoms with van der Waals surface area (Å²) in [7, 11) is 4.91. The molecule has 1 unspecified atom stereocenters. The van der Waals surface area contributed by atoms with Crippen molar-refractivity contribution in [2.24, 2.45) is 0 Å². The van der Waals surface area contributed by atoms with E-state index in [9.17, 15) is 0 Å². The molecule has 2 aromatic rings. The van der Waals surface area contributed by atoms with E-state index < -0.39 is 0 Å². The van der Waals surface area contributed by atoms with Crippen LogP contribution in [0.5, 0.6) is 28.7 Å². The van der Waals surface area contributed by atoms with E-state index in [1.165, 1.54) is 0 Å². The highest BCUT2D eigenvalue weighted by atomic mass is 16.7. The summed E-state index contributed by atoms with van der Waals surface area (Å²) in [6.45, 7) is 4.17. The van der Waals surface area contributed by atoms with E-state index in [4.69, 9.17) is 23.7 Å². The van der Waals surface area contributed by atoms with Crippen molar-refractivity contribution in [1.82, 2.24) is 10.2 Å². The summed E-state index contributed by atoms with van der Waals surface area (Å²) >= 11 is 0. The maximum absolute atomic E-state index is 5.64. The van der Waals surface area contributed by atoms with Gasteiger partial charge in [-0.15, -0.1) is 0 Å². The number of methoxy groups -OCH3 is 3. The fourth-order valence-corrected chi connectivity index (χ4v) is 4.08. The van der Waals surface area contributed by atoms with E-state index in [0.29, 0.717) is 17.2 Å². The molecule has 2 aliphatic heterocycles. The van der Waals surface area contributed by atoms with Gasteiger partial charge < -0.3 is 29.0 Å². The van der Waals surface area contributed by atoms with Crippen molar-refractivity contribution in [3.05, 3.63) is 41.5 Å². The molecule has 1 fully saturated rings. The van der Waals surface area contributed by atoms with E-state index in [2.05, 4.69) is 22.3 Å². The van der Waals surface area contributed by atoms with E-state index in [1.54, 1.807) is 21.3 Å². The normalized spacial score (nSPS) is 17.5. The second-order valence-electron chi connectivity index (χ2n) is 7.11. The molecule has 0 amide bonds. The molecule has 29 heavy (non-hydrogen) atoms. The molecule has 0 aromatic heterocycles. The van der Waals surface area contributed by atoms with Gasteiger partial charge in [0.05, 0.1) is 27.4 Å². The molecule has 0 aliphatic carbocycles. The highest BCUT2D eigenvalue weighted by molar-refractivity contribution is 5.56. The van der Waals surface area contributed by atoms with Crippen LogP contribution in [-0.4, -0.2) is 59.2 Å². The average Bonchev–Trinajstić information content (AvgIpc) is 3.07. The van der Waals surface area contributed by atoms with E-state index >= 15 is 0 Å². The Morgan fingerprint density at radius 2 is 1.62 bits per heavy atom. The fourth-order valence-electron chi connectivity index (χ4n) is 4.08. The molecule has 156 valence electrons. The Labute approximate surface area is 171 Å². The third kappa shape index (κ3) is 3.93. The van der Waals surface area contributed by atoms with Gasteiger partial charge in [-0.1, -0.05) is 6.07 Å². The van der Waals surface area contributed by atoms with Crippen molar-refractivity contribution in [3.63, 3.8) is 0 Å². The van der Waals surface area contributed by atoms with Crippen LogP contribution in [0.2, 0.25) is 0 Å². The molecular formula is C22H28N2O5. The van der Waals surface area contributed by atoms with E-state index in [-0.39, 0.29) is 12.8 Å². The summed E-state index contributed by atoms with van der Waals surface area (Å²) in [6, 6.07) is 10.3. The van der Waals surface area contributed by atoms with Crippen LogP contribution in [0.1, 0.15) is 23.6 Å². The maximum Gasteiger partial charge on any atom is 0.231 e. The monoisotopic (exact) mass is 400 g/mol. The number of fused-ring (bicyclic) bond motifs is 1. The number of ether oxygens (including phenoxy) is 5. The standard InChI is InChI=1S/C22H28N2O5/c1-25-19-12-16(13-20(26-2)22(19)27-3)21(24-9-4-7-23-8-10-24)15-5-6-17-18(11-15)29-14-28-17/h5-6,11-13,21,23H,4,7-10,14H2,1-3H3. The highest BCUT2D eigenvalue weighted by Gasteiger charge is 2.28. The predicted octanol–water partition coefficient (Wildman–Crippen LogP) is 2.83. The van der Waals surface area contributed by atoms with Crippen LogP contribution in [0.4, 0.5) is 0 Å². The Bertz CT molecular complexity index is 824. The number of hydrogen-bond donors (Lipinski definition) is 1. The largest absolute Gasteiger partial charge is 0.493 e. The van der Waals surface area contributed by atoms with Crippen molar-refractivity contribution in [1.29, 1.82) is 0 Å². The van der Waals surface area contributed by atoms with Gasteiger partial charge in [0.15, 0.2) is 23.0 Å². The van der Waals surface area contributed by atoms with Crippen LogP contribution in [-0.2, 0) is 0 Å². The molecule has 2 heterocycles. The van der Waals surface area contributed by atoms with Crippen molar-refractivity contribution < 1.29 is 23.7 Å². The number of benzene rings is 2. The van der Waals surface area contributed by atoms with Gasteiger partial charge in [-0.2, -0.15) is 0 Å². The minimum atomic E-state index is 0.0260. The lowest BCUT2D eigenvalue weighted by Gasteiger charge is -2.32. The van der Waals surface area contributed by atoms with Crippen molar-refractivity contribution in [2.45, 2.75) is 12.5 Å². The summed E-state index contributed by atoms with van der Waals surface area (Å²) in [5.74, 6) is 3.48. The number of nitrogens with one attached hydrogen (secondary N) is 1. The molecular weight excluding hydrogens is 372 g/mol. The summed E-state index contributed by atoms with van der Waals surface area (Å²) in [4.78, 5) is 2.48. The molecule has 4 rings (SSSR count). The third-order valence-electron chi connectivity index (χ3n) is 5.45. The van der Waals surface area contributed by atoms with Crippen LogP contribution in [0.3, 0.4) is 0 Å².